The second kappa shape index (κ2) is 9.37. The molecular formula is C26H27FN4O3S. The van der Waals surface area contributed by atoms with Gasteiger partial charge in [-0.1, -0.05) is 30.3 Å². The topological polar surface area (TPSA) is 84.4 Å². The molecule has 2 fully saturated rings. The number of hydrogen-bond acceptors (Lipinski definition) is 6. The molecule has 0 bridgehead atoms. The molecule has 1 aromatic carbocycles. The molecule has 1 N–H and O–H groups in total. The summed E-state index contributed by atoms with van der Waals surface area (Å²) in [6, 6.07) is 11.2. The van der Waals surface area contributed by atoms with Crippen molar-refractivity contribution in [1.82, 2.24) is 20.2 Å². The van der Waals surface area contributed by atoms with Crippen molar-refractivity contribution in [2.75, 3.05) is 0 Å². The Morgan fingerprint density at radius 2 is 1.91 bits per heavy atom. The van der Waals surface area contributed by atoms with E-state index in [1.165, 1.54) is 23.6 Å². The molecule has 3 aromatic rings. The molecule has 0 spiro atoms. The number of thiazole rings is 1. The third-order valence-corrected chi connectivity index (χ3v) is 7.62. The average molecular weight is 495 g/mol. The molecule has 9 heteroatoms. The van der Waals surface area contributed by atoms with Crippen LogP contribution in [0, 0.1) is 5.82 Å². The number of cyclic esters (lactones) is 1. The number of benzene rings is 1. The van der Waals surface area contributed by atoms with Crippen molar-refractivity contribution in [2.24, 2.45) is 0 Å². The first-order chi connectivity index (χ1) is 16.8. The molecule has 0 unspecified atom stereocenters. The Bertz CT molecular complexity index is 1220. The number of ether oxygens (including phenoxy) is 1. The molecule has 35 heavy (non-hydrogen) atoms. The Labute approximate surface area is 207 Å². The largest absolute Gasteiger partial charge is 0.441 e. The summed E-state index contributed by atoms with van der Waals surface area (Å²) in [6.45, 7) is 3.91. The van der Waals surface area contributed by atoms with Gasteiger partial charge in [0, 0.05) is 29.2 Å². The van der Waals surface area contributed by atoms with Crippen LogP contribution < -0.4 is 5.32 Å². The van der Waals surface area contributed by atoms with E-state index in [1.807, 2.05) is 49.1 Å². The van der Waals surface area contributed by atoms with Crippen LogP contribution in [0.1, 0.15) is 61.6 Å². The van der Waals surface area contributed by atoms with E-state index < -0.39 is 11.4 Å². The van der Waals surface area contributed by atoms with Crippen LogP contribution in [0.25, 0.3) is 10.6 Å². The van der Waals surface area contributed by atoms with E-state index in [4.69, 9.17) is 4.74 Å². The highest BCUT2D eigenvalue weighted by atomic mass is 32.1. The summed E-state index contributed by atoms with van der Waals surface area (Å²) >= 11 is 1.28. The van der Waals surface area contributed by atoms with Crippen molar-refractivity contribution in [1.29, 1.82) is 0 Å². The van der Waals surface area contributed by atoms with E-state index >= 15 is 0 Å². The fraction of sp³-hybridized carbons (Fsp3) is 0.385. The zero-order valence-corrected chi connectivity index (χ0v) is 20.4. The number of pyridine rings is 1. The van der Waals surface area contributed by atoms with Crippen molar-refractivity contribution in [3.05, 3.63) is 71.2 Å². The number of aromatic nitrogens is 2. The van der Waals surface area contributed by atoms with Gasteiger partial charge >= 0.3 is 6.09 Å². The van der Waals surface area contributed by atoms with Gasteiger partial charge in [0.05, 0.1) is 12.2 Å². The normalized spacial score (nSPS) is 23.7. The molecule has 2 aliphatic rings. The number of rotatable bonds is 5. The van der Waals surface area contributed by atoms with Crippen LogP contribution in [0.4, 0.5) is 9.18 Å². The zero-order chi connectivity index (χ0) is 24.6. The monoisotopic (exact) mass is 494 g/mol. The summed E-state index contributed by atoms with van der Waals surface area (Å²) in [5, 5.41) is 5.30. The lowest BCUT2D eigenvalue weighted by molar-refractivity contribution is 0.0663. The first-order valence-corrected chi connectivity index (χ1v) is 12.6. The van der Waals surface area contributed by atoms with Gasteiger partial charge in [0.25, 0.3) is 5.91 Å². The molecular weight excluding hydrogens is 467 g/mol. The zero-order valence-electron chi connectivity index (χ0n) is 19.6. The second-order valence-electron chi connectivity index (χ2n) is 9.60. The van der Waals surface area contributed by atoms with Gasteiger partial charge in [0.2, 0.25) is 0 Å². The van der Waals surface area contributed by atoms with Gasteiger partial charge in [-0.2, -0.15) is 0 Å². The Hall–Kier alpha value is -3.33. The van der Waals surface area contributed by atoms with Crippen LogP contribution in [0.15, 0.2) is 54.2 Å². The van der Waals surface area contributed by atoms with E-state index in [-0.39, 0.29) is 30.1 Å². The minimum absolute atomic E-state index is 0.00143. The number of carbonyl (C=O) groups is 2. The van der Waals surface area contributed by atoms with Crippen molar-refractivity contribution < 1.29 is 18.7 Å². The van der Waals surface area contributed by atoms with Crippen LogP contribution >= 0.6 is 11.3 Å². The molecule has 1 saturated heterocycles. The predicted molar refractivity (Wildman–Crippen MR) is 130 cm³/mol. The summed E-state index contributed by atoms with van der Waals surface area (Å²) in [6.07, 6.45) is 5.44. The van der Waals surface area contributed by atoms with Gasteiger partial charge < -0.3 is 10.1 Å². The van der Waals surface area contributed by atoms with E-state index in [0.717, 1.165) is 37.4 Å². The van der Waals surface area contributed by atoms with E-state index in [2.05, 4.69) is 15.3 Å². The van der Waals surface area contributed by atoms with Crippen molar-refractivity contribution in [2.45, 2.75) is 63.3 Å². The molecule has 7 nitrogen and oxygen atoms in total. The molecule has 2 amide bonds. The molecule has 3 heterocycles. The number of nitrogens with zero attached hydrogens (tertiary/aromatic N) is 3. The van der Waals surface area contributed by atoms with Gasteiger partial charge in [0.1, 0.15) is 22.1 Å². The Morgan fingerprint density at radius 1 is 1.17 bits per heavy atom. The fourth-order valence-electron chi connectivity index (χ4n) is 5.13. The number of hydrogen-bond donors (Lipinski definition) is 1. The number of nitrogens with one attached hydrogen (secondary N) is 1. The van der Waals surface area contributed by atoms with Gasteiger partial charge in [0.15, 0.2) is 0 Å². The molecule has 1 atom stereocenters. The van der Waals surface area contributed by atoms with E-state index in [9.17, 15) is 14.0 Å². The molecule has 2 aromatic heterocycles. The SMILES string of the molecule is CC1(C)OC(=O)N(C2CCC(NC(=O)c3csc(-c4cncc(F)c4)n3)CC2)[C@H]1c1ccccc1. The van der Waals surface area contributed by atoms with Gasteiger partial charge in [-0.25, -0.2) is 14.2 Å². The van der Waals surface area contributed by atoms with E-state index in [1.54, 1.807) is 5.38 Å². The van der Waals surface area contributed by atoms with Crippen molar-refractivity contribution in [3.63, 3.8) is 0 Å². The number of amides is 2. The summed E-state index contributed by atoms with van der Waals surface area (Å²) < 4.78 is 19.2. The first-order valence-electron chi connectivity index (χ1n) is 11.8. The van der Waals surface area contributed by atoms with Gasteiger partial charge in [-0.15, -0.1) is 11.3 Å². The van der Waals surface area contributed by atoms with Crippen LogP contribution in [0.5, 0.6) is 0 Å². The molecule has 5 rings (SSSR count). The molecule has 1 aliphatic heterocycles. The standard InChI is InChI=1S/C26H27FN4O3S/c1-26(2)22(16-6-4-3-5-7-16)31(25(33)34-26)20-10-8-19(9-11-20)29-23(32)21-15-35-24(30-21)17-12-18(27)14-28-13-17/h3-7,12-15,19-20,22H,8-11H2,1-2H3,(H,29,32)/t19?,20?,22-/m0/s1. The maximum absolute atomic E-state index is 13.5. The Kier molecular flexibility index (Phi) is 6.27. The average Bonchev–Trinajstić information content (AvgIpc) is 3.42. The summed E-state index contributed by atoms with van der Waals surface area (Å²) in [5.41, 5.74) is 1.29. The predicted octanol–water partition coefficient (Wildman–Crippen LogP) is 5.36. The molecule has 1 saturated carbocycles. The lowest BCUT2D eigenvalue weighted by Gasteiger charge is -2.38. The molecule has 1 aliphatic carbocycles. The van der Waals surface area contributed by atoms with Gasteiger partial charge in [-0.05, 0) is 51.2 Å². The Morgan fingerprint density at radius 3 is 2.63 bits per heavy atom. The highest BCUT2D eigenvalue weighted by Crippen LogP contribution is 2.44. The minimum atomic E-state index is -0.622. The summed E-state index contributed by atoms with van der Waals surface area (Å²) in [5.74, 6) is -0.690. The highest BCUT2D eigenvalue weighted by molar-refractivity contribution is 7.13. The van der Waals surface area contributed by atoms with Crippen LogP contribution in [-0.2, 0) is 4.74 Å². The summed E-state index contributed by atoms with van der Waals surface area (Å²) in [7, 11) is 0. The van der Waals surface area contributed by atoms with Gasteiger partial charge in [-0.3, -0.25) is 14.7 Å². The minimum Gasteiger partial charge on any atom is -0.441 e. The van der Waals surface area contributed by atoms with Crippen LogP contribution in [0.3, 0.4) is 0 Å². The highest BCUT2D eigenvalue weighted by Gasteiger charge is 2.51. The Balaban J connectivity index is 1.22. The summed E-state index contributed by atoms with van der Waals surface area (Å²) in [4.78, 5) is 35.8. The van der Waals surface area contributed by atoms with E-state index in [0.29, 0.717) is 16.3 Å². The first kappa shape index (κ1) is 23.4. The maximum Gasteiger partial charge on any atom is 0.411 e. The third-order valence-electron chi connectivity index (χ3n) is 6.73. The maximum atomic E-state index is 13.5. The van der Waals surface area contributed by atoms with Crippen LogP contribution in [-0.4, -0.2) is 44.6 Å². The molecule has 0 radical (unpaired) electrons. The lowest BCUT2D eigenvalue weighted by atomic mass is 9.86. The van der Waals surface area contributed by atoms with Crippen LogP contribution in [0.2, 0.25) is 0 Å². The lowest BCUT2D eigenvalue weighted by Crippen LogP contribution is -2.46. The molecule has 182 valence electrons. The van der Waals surface area contributed by atoms with Crippen molar-refractivity contribution >= 4 is 23.3 Å². The quantitative estimate of drug-likeness (QED) is 0.516. The second-order valence-corrected chi connectivity index (χ2v) is 10.5. The number of halogens is 1. The smallest absolute Gasteiger partial charge is 0.411 e. The fourth-order valence-corrected chi connectivity index (χ4v) is 5.91. The van der Waals surface area contributed by atoms with Crippen molar-refractivity contribution in [3.8, 4) is 10.6 Å². The third kappa shape index (κ3) is 4.77. The number of carbonyl (C=O) groups excluding carboxylic acids is 2.